The van der Waals surface area contributed by atoms with Crippen LogP contribution in [0.25, 0.3) is 0 Å². The molecule has 6 nitrogen and oxygen atoms in total. The van der Waals surface area contributed by atoms with Gasteiger partial charge in [-0.1, -0.05) is 23.7 Å². The predicted molar refractivity (Wildman–Crippen MR) is 88.7 cm³/mol. The highest BCUT2D eigenvalue weighted by Gasteiger charge is 2.38. The molecule has 0 saturated heterocycles. The van der Waals surface area contributed by atoms with Crippen LogP contribution in [0.4, 0.5) is 26.3 Å². The average Bonchev–Trinajstić information content (AvgIpc) is 2.94. The van der Waals surface area contributed by atoms with Crippen molar-refractivity contribution in [2.75, 3.05) is 0 Å². The van der Waals surface area contributed by atoms with Crippen LogP contribution in [0, 0.1) is 0 Å². The summed E-state index contributed by atoms with van der Waals surface area (Å²) in [5.41, 5.74) is -2.26. The van der Waals surface area contributed by atoms with Gasteiger partial charge in [0.05, 0.1) is 23.2 Å². The van der Waals surface area contributed by atoms with Crippen molar-refractivity contribution in [2.24, 2.45) is 0 Å². The Hall–Kier alpha value is -2.28. The monoisotopic (exact) mass is 463 g/mol. The highest BCUT2D eigenvalue weighted by atomic mass is 35.5. The van der Waals surface area contributed by atoms with Crippen LogP contribution in [0.1, 0.15) is 35.4 Å². The molecule has 0 bridgehead atoms. The quantitative estimate of drug-likeness (QED) is 0.674. The number of hydrogen-bond acceptors (Lipinski definition) is 4. The number of sulfonamides is 1. The number of nitrogens with one attached hydrogen (secondary N) is 1. The fourth-order valence-electron chi connectivity index (χ4n) is 2.40. The topological polar surface area (TPSA) is 81.1 Å². The Morgan fingerprint density at radius 2 is 1.79 bits per heavy atom. The SMILES string of the molecule is CC(CC(F)(F)F)n1cnc(C(=O)NS(=O)(=O)c2ccccc2C(F)(F)F)c1Cl. The third-order valence-electron chi connectivity index (χ3n) is 3.66. The standard InChI is InChI=1S/C15H12ClF6N3O3S/c1-8(6-14(17,18)19)25-7-23-11(12(25)16)13(26)24-29(27,28)10-5-3-2-4-9(10)15(20,21)22/h2-5,7-8H,6H2,1H3,(H,24,26). The Balaban J connectivity index is 2.32. The number of rotatable bonds is 5. The molecule has 160 valence electrons. The van der Waals surface area contributed by atoms with Gasteiger partial charge in [-0.05, 0) is 19.1 Å². The molecule has 1 N–H and O–H groups in total. The van der Waals surface area contributed by atoms with Gasteiger partial charge in [0.2, 0.25) is 0 Å². The highest BCUT2D eigenvalue weighted by Crippen LogP contribution is 2.34. The Morgan fingerprint density at radius 1 is 1.21 bits per heavy atom. The molecule has 1 aromatic carbocycles. The molecular formula is C15H12ClF6N3O3S. The van der Waals surface area contributed by atoms with E-state index < -0.39 is 62.1 Å². The lowest BCUT2D eigenvalue weighted by Crippen LogP contribution is -2.32. The molecule has 2 rings (SSSR count). The zero-order valence-electron chi connectivity index (χ0n) is 14.3. The zero-order chi connectivity index (χ0) is 22.2. The van der Waals surface area contributed by atoms with Crippen molar-refractivity contribution in [3.63, 3.8) is 0 Å². The minimum absolute atomic E-state index is 0.513. The van der Waals surface area contributed by atoms with E-state index in [4.69, 9.17) is 11.6 Å². The van der Waals surface area contributed by atoms with Crippen molar-refractivity contribution in [1.29, 1.82) is 0 Å². The van der Waals surface area contributed by atoms with Crippen molar-refractivity contribution >= 4 is 27.5 Å². The average molecular weight is 464 g/mol. The molecule has 1 heterocycles. The number of alkyl halides is 6. The normalized spacial score (nSPS) is 13.9. The Bertz CT molecular complexity index is 1020. The minimum atomic E-state index is -5.01. The minimum Gasteiger partial charge on any atom is -0.318 e. The number of imidazole rings is 1. The number of aromatic nitrogens is 2. The summed E-state index contributed by atoms with van der Waals surface area (Å²) >= 11 is 5.82. The largest absolute Gasteiger partial charge is 0.417 e. The van der Waals surface area contributed by atoms with E-state index in [0.717, 1.165) is 30.0 Å². The summed E-state index contributed by atoms with van der Waals surface area (Å²) in [6, 6.07) is 1.88. The number of nitrogens with zero attached hydrogens (tertiary/aromatic N) is 2. The summed E-state index contributed by atoms with van der Waals surface area (Å²) in [6.45, 7) is 1.14. The first-order valence-corrected chi connectivity index (χ1v) is 9.52. The second-order valence-electron chi connectivity index (χ2n) is 5.89. The van der Waals surface area contributed by atoms with Gasteiger partial charge in [-0.2, -0.15) is 26.3 Å². The van der Waals surface area contributed by atoms with E-state index in [-0.39, 0.29) is 0 Å². The van der Waals surface area contributed by atoms with Gasteiger partial charge in [0.15, 0.2) is 5.69 Å². The van der Waals surface area contributed by atoms with Crippen LogP contribution in [0.5, 0.6) is 0 Å². The lowest BCUT2D eigenvalue weighted by molar-refractivity contribution is -0.142. The molecule has 1 amide bonds. The number of carbonyl (C=O) groups is 1. The Kier molecular flexibility index (Phi) is 6.23. The number of halogens is 7. The van der Waals surface area contributed by atoms with Gasteiger partial charge in [-0.25, -0.2) is 18.1 Å². The Morgan fingerprint density at radius 3 is 2.34 bits per heavy atom. The summed E-state index contributed by atoms with van der Waals surface area (Å²) in [5, 5.41) is -0.599. The van der Waals surface area contributed by atoms with Crippen molar-refractivity contribution in [3.8, 4) is 0 Å². The number of benzene rings is 1. The van der Waals surface area contributed by atoms with E-state index >= 15 is 0 Å². The van der Waals surface area contributed by atoms with E-state index in [1.54, 1.807) is 0 Å². The van der Waals surface area contributed by atoms with Gasteiger partial charge in [-0.3, -0.25) is 4.79 Å². The lowest BCUT2D eigenvalue weighted by atomic mass is 10.2. The molecular weight excluding hydrogens is 452 g/mol. The van der Waals surface area contributed by atoms with Crippen molar-refractivity contribution in [3.05, 3.63) is 47.0 Å². The molecule has 1 unspecified atom stereocenters. The molecule has 0 fully saturated rings. The first-order chi connectivity index (χ1) is 13.1. The van der Waals surface area contributed by atoms with Crippen molar-refractivity contribution in [2.45, 2.75) is 36.6 Å². The number of hydrogen-bond donors (Lipinski definition) is 1. The van der Waals surface area contributed by atoms with Crippen LogP contribution in [0.15, 0.2) is 35.5 Å². The van der Waals surface area contributed by atoms with Crippen LogP contribution < -0.4 is 4.72 Å². The number of amides is 1. The van der Waals surface area contributed by atoms with Crippen molar-refractivity contribution in [1.82, 2.24) is 14.3 Å². The fourth-order valence-corrected chi connectivity index (χ4v) is 3.93. The van der Waals surface area contributed by atoms with Gasteiger partial charge in [0, 0.05) is 6.04 Å². The lowest BCUT2D eigenvalue weighted by Gasteiger charge is -2.16. The van der Waals surface area contributed by atoms with E-state index in [1.165, 1.54) is 4.72 Å². The molecule has 29 heavy (non-hydrogen) atoms. The molecule has 1 atom stereocenters. The number of carbonyl (C=O) groups excluding carboxylic acids is 1. The molecule has 1 aromatic heterocycles. The third-order valence-corrected chi connectivity index (χ3v) is 5.42. The Labute approximate surface area is 165 Å². The summed E-state index contributed by atoms with van der Waals surface area (Å²) in [7, 11) is -4.99. The summed E-state index contributed by atoms with van der Waals surface area (Å²) < 4.78 is 103. The maximum Gasteiger partial charge on any atom is 0.417 e. The van der Waals surface area contributed by atoms with E-state index in [2.05, 4.69) is 4.98 Å². The molecule has 2 aromatic rings. The van der Waals surface area contributed by atoms with E-state index in [9.17, 15) is 39.6 Å². The smallest absolute Gasteiger partial charge is 0.318 e. The first kappa shape index (κ1) is 23.0. The highest BCUT2D eigenvalue weighted by molar-refractivity contribution is 7.90. The summed E-state index contributed by atoms with van der Waals surface area (Å²) in [6.07, 6.45) is -10.1. The van der Waals surface area contributed by atoms with Gasteiger partial charge in [-0.15, -0.1) is 0 Å². The van der Waals surface area contributed by atoms with Gasteiger partial charge < -0.3 is 4.57 Å². The maximum absolute atomic E-state index is 13.0. The second kappa shape index (κ2) is 7.86. The fraction of sp³-hybridized carbons (Fsp3) is 0.333. The van der Waals surface area contributed by atoms with Crippen LogP contribution in [0.3, 0.4) is 0 Å². The zero-order valence-corrected chi connectivity index (χ0v) is 15.9. The van der Waals surface area contributed by atoms with Crippen molar-refractivity contribution < 1.29 is 39.6 Å². The third kappa shape index (κ3) is 5.41. The van der Waals surface area contributed by atoms with Gasteiger partial charge in [0.1, 0.15) is 5.15 Å². The molecule has 0 aliphatic rings. The van der Waals surface area contributed by atoms with E-state index in [1.807, 2.05) is 0 Å². The van der Waals surface area contributed by atoms with Crippen LogP contribution >= 0.6 is 11.6 Å². The molecule has 0 spiro atoms. The summed E-state index contributed by atoms with van der Waals surface area (Å²) in [4.78, 5) is 14.5. The van der Waals surface area contributed by atoms with Gasteiger partial charge in [0.25, 0.3) is 15.9 Å². The second-order valence-corrected chi connectivity index (χ2v) is 7.90. The molecule has 14 heteroatoms. The molecule has 0 aliphatic heterocycles. The molecule has 0 aliphatic carbocycles. The maximum atomic E-state index is 13.0. The predicted octanol–water partition coefficient (Wildman–Crippen LogP) is 4.19. The van der Waals surface area contributed by atoms with Crippen LogP contribution in [-0.2, 0) is 16.2 Å². The summed E-state index contributed by atoms with van der Waals surface area (Å²) in [5.74, 6) is -1.50. The first-order valence-electron chi connectivity index (χ1n) is 7.66. The van der Waals surface area contributed by atoms with E-state index in [0.29, 0.717) is 12.1 Å². The molecule has 0 saturated carbocycles. The van der Waals surface area contributed by atoms with Gasteiger partial charge >= 0.3 is 12.4 Å². The molecule has 0 radical (unpaired) electrons. The van der Waals surface area contributed by atoms with Crippen LogP contribution in [-0.4, -0.2) is 30.1 Å². The van der Waals surface area contributed by atoms with Crippen LogP contribution in [0.2, 0.25) is 5.15 Å².